The molecule has 0 spiro atoms. The van der Waals surface area contributed by atoms with Crippen LogP contribution < -0.4 is 10.6 Å². The maximum Gasteiger partial charge on any atom is 0.267 e. The van der Waals surface area contributed by atoms with Crippen LogP contribution in [0.15, 0.2) is 48.9 Å². The van der Waals surface area contributed by atoms with Crippen LogP contribution in [-0.2, 0) is 7.05 Å². The van der Waals surface area contributed by atoms with E-state index in [0.29, 0.717) is 10.0 Å². The molecule has 0 radical (unpaired) electrons. The number of rotatable bonds is 4. The number of para-hydroxylation sites is 1. The summed E-state index contributed by atoms with van der Waals surface area (Å²) in [6, 6.07) is 11.9. The van der Waals surface area contributed by atoms with Gasteiger partial charge in [0, 0.05) is 18.4 Å². The molecule has 6 nitrogen and oxygen atoms in total. The van der Waals surface area contributed by atoms with E-state index in [9.17, 15) is 4.79 Å². The Kier molecular flexibility index (Phi) is 4.37. The Hall–Kier alpha value is -3.19. The van der Waals surface area contributed by atoms with Gasteiger partial charge in [-0.3, -0.25) is 4.79 Å². The fourth-order valence-corrected chi connectivity index (χ4v) is 3.68. The Labute approximate surface area is 160 Å². The molecule has 136 valence electrons. The third-order valence-corrected chi connectivity index (χ3v) is 5.34. The van der Waals surface area contributed by atoms with Gasteiger partial charge in [0.15, 0.2) is 5.13 Å². The van der Waals surface area contributed by atoms with Gasteiger partial charge in [-0.15, -0.1) is 0 Å². The van der Waals surface area contributed by atoms with E-state index in [4.69, 9.17) is 0 Å². The van der Waals surface area contributed by atoms with Gasteiger partial charge in [0.25, 0.3) is 5.91 Å². The predicted molar refractivity (Wildman–Crippen MR) is 110 cm³/mol. The van der Waals surface area contributed by atoms with E-state index in [1.54, 1.807) is 12.5 Å². The summed E-state index contributed by atoms with van der Waals surface area (Å²) >= 11 is 1.32. The summed E-state index contributed by atoms with van der Waals surface area (Å²) in [7, 11) is 1.96. The molecular formula is C20H19N5OS. The van der Waals surface area contributed by atoms with Gasteiger partial charge in [-0.25, -0.2) is 9.97 Å². The third kappa shape index (κ3) is 3.41. The molecule has 2 aromatic heterocycles. The first kappa shape index (κ1) is 17.2. The van der Waals surface area contributed by atoms with Crippen LogP contribution in [0.5, 0.6) is 0 Å². The molecule has 0 atom stereocenters. The lowest BCUT2D eigenvalue weighted by molar-refractivity contribution is 0.103. The molecule has 1 amide bonds. The fourth-order valence-electron chi connectivity index (χ4n) is 2.95. The van der Waals surface area contributed by atoms with Crippen LogP contribution >= 0.6 is 11.3 Å². The highest BCUT2D eigenvalue weighted by molar-refractivity contribution is 7.17. The van der Waals surface area contributed by atoms with E-state index < -0.39 is 0 Å². The first-order valence-corrected chi connectivity index (χ1v) is 9.34. The number of benzene rings is 2. The number of aryl methyl sites for hydroxylation is 3. The Morgan fingerprint density at radius 1 is 1.11 bits per heavy atom. The number of carbonyl (C=O) groups is 1. The Morgan fingerprint density at radius 2 is 1.89 bits per heavy atom. The van der Waals surface area contributed by atoms with Gasteiger partial charge in [0.05, 0.1) is 23.6 Å². The lowest BCUT2D eigenvalue weighted by Gasteiger charge is -2.10. The highest BCUT2D eigenvalue weighted by Crippen LogP contribution is 2.26. The molecule has 2 aromatic carbocycles. The maximum absolute atomic E-state index is 12.6. The maximum atomic E-state index is 12.6. The van der Waals surface area contributed by atoms with Crippen molar-refractivity contribution in [1.29, 1.82) is 0 Å². The number of aromatic nitrogens is 3. The molecular weight excluding hydrogens is 358 g/mol. The number of nitrogens with one attached hydrogen (secondary N) is 2. The van der Waals surface area contributed by atoms with Crippen molar-refractivity contribution in [2.75, 3.05) is 10.6 Å². The van der Waals surface area contributed by atoms with E-state index in [1.807, 2.05) is 61.9 Å². The summed E-state index contributed by atoms with van der Waals surface area (Å²) < 4.78 is 1.96. The number of thiazole rings is 1. The van der Waals surface area contributed by atoms with Crippen molar-refractivity contribution in [2.45, 2.75) is 13.8 Å². The molecule has 0 saturated carbocycles. The monoisotopic (exact) mass is 377 g/mol. The summed E-state index contributed by atoms with van der Waals surface area (Å²) in [5.41, 5.74) is 5.81. The lowest BCUT2D eigenvalue weighted by Crippen LogP contribution is -2.12. The number of amides is 1. The normalized spacial score (nSPS) is 10.9. The number of anilines is 3. The number of hydrogen-bond acceptors (Lipinski definition) is 5. The lowest BCUT2D eigenvalue weighted by atomic mass is 10.1. The summed E-state index contributed by atoms with van der Waals surface area (Å²) in [5.74, 6) is -0.153. The van der Waals surface area contributed by atoms with Gasteiger partial charge >= 0.3 is 0 Å². The fraction of sp³-hybridized carbons (Fsp3) is 0.150. The molecule has 0 bridgehead atoms. The number of fused-ring (bicyclic) bond motifs is 1. The summed E-state index contributed by atoms with van der Waals surface area (Å²) in [4.78, 5) is 21.8. The molecule has 0 aliphatic carbocycles. The van der Waals surface area contributed by atoms with Gasteiger partial charge in [-0.2, -0.15) is 0 Å². The van der Waals surface area contributed by atoms with Crippen molar-refractivity contribution in [3.63, 3.8) is 0 Å². The largest absolute Gasteiger partial charge is 0.334 e. The Morgan fingerprint density at radius 3 is 2.67 bits per heavy atom. The zero-order chi connectivity index (χ0) is 19.0. The SMILES string of the molecule is Cc1cccc(C)c1NC(=O)c1cnc(Nc2ccc3ncn(C)c3c2)s1. The van der Waals surface area contributed by atoms with Crippen molar-refractivity contribution >= 4 is 44.8 Å². The standard InChI is InChI=1S/C20H19N5OS/c1-12-5-4-6-13(2)18(12)24-19(26)17-10-21-20(27-17)23-14-7-8-15-16(9-14)25(3)11-22-15/h4-11H,1-3H3,(H,21,23)(H,24,26). The second kappa shape index (κ2) is 6.85. The number of hydrogen-bond donors (Lipinski definition) is 2. The molecule has 4 rings (SSSR count). The molecule has 2 N–H and O–H groups in total. The minimum Gasteiger partial charge on any atom is -0.334 e. The molecule has 0 aliphatic rings. The van der Waals surface area contributed by atoms with E-state index in [-0.39, 0.29) is 5.91 Å². The van der Waals surface area contributed by atoms with Crippen LogP contribution in [0.2, 0.25) is 0 Å². The predicted octanol–water partition coefficient (Wildman–Crippen LogP) is 4.64. The first-order chi connectivity index (χ1) is 13.0. The molecule has 2 heterocycles. The molecule has 0 aliphatic heterocycles. The van der Waals surface area contributed by atoms with Gasteiger partial charge in [-0.05, 0) is 43.2 Å². The molecule has 27 heavy (non-hydrogen) atoms. The smallest absolute Gasteiger partial charge is 0.267 e. The molecule has 0 fully saturated rings. The number of nitrogens with zero attached hydrogens (tertiary/aromatic N) is 3. The van der Waals surface area contributed by atoms with Crippen LogP contribution in [0.4, 0.5) is 16.5 Å². The zero-order valence-electron chi connectivity index (χ0n) is 15.3. The van der Waals surface area contributed by atoms with Crippen molar-refractivity contribution < 1.29 is 4.79 Å². The quantitative estimate of drug-likeness (QED) is 0.543. The summed E-state index contributed by atoms with van der Waals surface area (Å²) in [6.07, 6.45) is 3.38. The third-order valence-electron chi connectivity index (χ3n) is 4.43. The molecule has 0 saturated heterocycles. The average Bonchev–Trinajstić information content (AvgIpc) is 3.26. The Balaban J connectivity index is 1.52. The van der Waals surface area contributed by atoms with Gasteiger partial charge in [0.2, 0.25) is 0 Å². The van der Waals surface area contributed by atoms with Crippen LogP contribution in [-0.4, -0.2) is 20.4 Å². The second-order valence-electron chi connectivity index (χ2n) is 6.43. The van der Waals surface area contributed by atoms with Crippen molar-refractivity contribution in [3.8, 4) is 0 Å². The number of carbonyl (C=O) groups excluding carboxylic acids is 1. The van der Waals surface area contributed by atoms with Crippen molar-refractivity contribution in [3.05, 3.63) is 64.9 Å². The number of imidazole rings is 1. The van der Waals surface area contributed by atoms with Crippen molar-refractivity contribution in [2.24, 2.45) is 7.05 Å². The minimum atomic E-state index is -0.153. The highest BCUT2D eigenvalue weighted by atomic mass is 32.1. The summed E-state index contributed by atoms with van der Waals surface area (Å²) in [5, 5.41) is 6.92. The van der Waals surface area contributed by atoms with Crippen LogP contribution in [0.1, 0.15) is 20.8 Å². The Bertz CT molecular complexity index is 1120. The van der Waals surface area contributed by atoms with Gasteiger partial charge in [0.1, 0.15) is 4.88 Å². The minimum absolute atomic E-state index is 0.153. The topological polar surface area (TPSA) is 71.8 Å². The highest BCUT2D eigenvalue weighted by Gasteiger charge is 2.13. The summed E-state index contributed by atoms with van der Waals surface area (Å²) in [6.45, 7) is 3.97. The molecule has 7 heteroatoms. The average molecular weight is 377 g/mol. The first-order valence-electron chi connectivity index (χ1n) is 8.53. The molecule has 4 aromatic rings. The van der Waals surface area contributed by atoms with E-state index in [0.717, 1.165) is 33.5 Å². The van der Waals surface area contributed by atoms with E-state index >= 15 is 0 Å². The van der Waals surface area contributed by atoms with E-state index in [1.165, 1.54) is 11.3 Å². The van der Waals surface area contributed by atoms with Crippen LogP contribution in [0, 0.1) is 13.8 Å². The van der Waals surface area contributed by atoms with Crippen LogP contribution in [0.25, 0.3) is 11.0 Å². The van der Waals surface area contributed by atoms with Gasteiger partial charge < -0.3 is 15.2 Å². The van der Waals surface area contributed by atoms with Gasteiger partial charge in [-0.1, -0.05) is 29.5 Å². The molecule has 0 unspecified atom stereocenters. The second-order valence-corrected chi connectivity index (χ2v) is 7.47. The van der Waals surface area contributed by atoms with E-state index in [2.05, 4.69) is 20.6 Å². The van der Waals surface area contributed by atoms with Crippen LogP contribution in [0.3, 0.4) is 0 Å². The zero-order valence-corrected chi connectivity index (χ0v) is 16.1. The van der Waals surface area contributed by atoms with Crippen molar-refractivity contribution in [1.82, 2.24) is 14.5 Å².